The standard InChI is InChI=1S/C37H40Cl2F2N2O10S2/c1-37(2,3)53-33(44)17-43(55(47)48)28-10-8-24(13-31(28)49-18-21-4-5-21)35(46)54-20-34(45)51-30(14-25-26(38)15-42-16-27(25)39)23-9-11-29(52-36(40)41)32(12-23)50-19-22-6-7-22/h8-13,15-16,21-22,30,36H,4-7,14,17-20H2,1-3H3,(H,47,48)/t30-/m0/s1. The second-order valence-electron chi connectivity index (χ2n) is 14.0. The molecular weight excluding hydrogens is 805 g/mol. The molecule has 0 bridgehead atoms. The number of esters is 2. The van der Waals surface area contributed by atoms with Gasteiger partial charge in [-0.15, -0.1) is 0 Å². The Balaban J connectivity index is 1.33. The van der Waals surface area contributed by atoms with Crippen LogP contribution in [0.2, 0.25) is 10.0 Å². The number of pyridine rings is 1. The SMILES string of the molecule is CC(C)(C)OC(=O)CN(c1ccc(C(=O)SCC(=O)O[C@@H](Cc2c(Cl)cncc2Cl)c2ccc(OC(F)F)c(OCC3CC3)c2)cc1OCC1CC1)S(=O)O. The minimum Gasteiger partial charge on any atom is -0.491 e. The zero-order chi connectivity index (χ0) is 39.9. The van der Waals surface area contributed by atoms with E-state index in [2.05, 4.69) is 9.72 Å². The van der Waals surface area contributed by atoms with Gasteiger partial charge in [0.1, 0.15) is 24.0 Å². The maximum Gasteiger partial charge on any atom is 0.387 e. The minimum absolute atomic E-state index is 0.0309. The number of anilines is 1. The lowest BCUT2D eigenvalue weighted by Gasteiger charge is -2.25. The molecule has 0 saturated heterocycles. The van der Waals surface area contributed by atoms with Crippen LogP contribution in [0.4, 0.5) is 14.5 Å². The zero-order valence-electron chi connectivity index (χ0n) is 30.1. The number of thioether (sulfide) groups is 1. The number of carbonyl (C=O) groups is 3. The number of nitrogens with zero attached hydrogens (tertiary/aromatic N) is 2. The summed E-state index contributed by atoms with van der Waals surface area (Å²) < 4.78 is 77.4. The molecule has 1 unspecified atom stereocenters. The summed E-state index contributed by atoms with van der Waals surface area (Å²) in [6.07, 6.45) is 5.47. The molecule has 1 heterocycles. The van der Waals surface area contributed by atoms with Gasteiger partial charge in [0.25, 0.3) is 11.3 Å². The van der Waals surface area contributed by atoms with E-state index < -0.39 is 58.9 Å². The van der Waals surface area contributed by atoms with Gasteiger partial charge in [-0.3, -0.25) is 28.2 Å². The van der Waals surface area contributed by atoms with Crippen molar-refractivity contribution in [2.75, 3.05) is 29.8 Å². The van der Waals surface area contributed by atoms with E-state index in [0.717, 1.165) is 30.0 Å². The molecule has 2 saturated carbocycles. The minimum atomic E-state index is -3.10. The molecule has 12 nitrogen and oxygen atoms in total. The second-order valence-corrected chi connectivity index (χ2v) is 16.6. The molecule has 2 fully saturated rings. The van der Waals surface area contributed by atoms with Crippen LogP contribution in [-0.4, -0.2) is 68.5 Å². The number of aromatic nitrogens is 1. The molecule has 0 amide bonds. The average Bonchev–Trinajstić information content (AvgIpc) is 4.05. The van der Waals surface area contributed by atoms with Crippen molar-refractivity contribution >= 4 is 69.0 Å². The van der Waals surface area contributed by atoms with Crippen molar-refractivity contribution in [3.05, 3.63) is 75.5 Å². The molecule has 0 radical (unpaired) electrons. The van der Waals surface area contributed by atoms with Crippen molar-refractivity contribution in [1.82, 2.24) is 4.98 Å². The first-order chi connectivity index (χ1) is 26.1. The van der Waals surface area contributed by atoms with Gasteiger partial charge in [0, 0.05) is 24.4 Å². The number of ether oxygens (including phenoxy) is 5. The Bertz CT molecular complexity index is 1870. The predicted octanol–water partition coefficient (Wildman–Crippen LogP) is 8.25. The van der Waals surface area contributed by atoms with E-state index in [-0.39, 0.29) is 57.5 Å². The monoisotopic (exact) mass is 844 g/mol. The highest BCUT2D eigenvalue weighted by molar-refractivity contribution is 8.14. The second kappa shape index (κ2) is 19.0. The van der Waals surface area contributed by atoms with Crippen LogP contribution in [0.15, 0.2) is 48.8 Å². The van der Waals surface area contributed by atoms with Crippen LogP contribution in [0, 0.1) is 11.8 Å². The first kappa shape index (κ1) is 42.4. The molecule has 18 heteroatoms. The van der Waals surface area contributed by atoms with Crippen LogP contribution in [-0.2, 0) is 36.8 Å². The van der Waals surface area contributed by atoms with Crippen LogP contribution >= 0.6 is 35.0 Å². The Labute approximate surface area is 333 Å². The third kappa shape index (κ3) is 13.2. The fraction of sp³-hybridized carbons (Fsp3) is 0.459. The summed E-state index contributed by atoms with van der Waals surface area (Å²) >= 11 is 10.8. The lowest BCUT2D eigenvalue weighted by Crippen LogP contribution is -2.36. The van der Waals surface area contributed by atoms with E-state index in [1.165, 1.54) is 48.8 Å². The maximum atomic E-state index is 13.4. The summed E-state index contributed by atoms with van der Waals surface area (Å²) in [4.78, 5) is 43.3. The van der Waals surface area contributed by atoms with Gasteiger partial charge < -0.3 is 23.7 Å². The van der Waals surface area contributed by atoms with Gasteiger partial charge in [-0.05, 0) is 99.7 Å². The Morgan fingerprint density at radius 1 is 0.945 bits per heavy atom. The molecule has 2 aliphatic carbocycles. The van der Waals surface area contributed by atoms with E-state index in [0.29, 0.717) is 35.4 Å². The average molecular weight is 846 g/mol. The predicted molar refractivity (Wildman–Crippen MR) is 203 cm³/mol. The summed E-state index contributed by atoms with van der Waals surface area (Å²) in [5.41, 5.74) is 0.159. The van der Waals surface area contributed by atoms with Crippen LogP contribution in [0.3, 0.4) is 0 Å². The van der Waals surface area contributed by atoms with Crippen molar-refractivity contribution in [3.8, 4) is 17.2 Å². The lowest BCUT2D eigenvalue weighted by atomic mass is 10.0. The molecule has 2 aromatic carbocycles. The fourth-order valence-corrected chi connectivity index (χ4v) is 6.80. The number of carbonyl (C=O) groups excluding carboxylic acids is 3. The molecule has 55 heavy (non-hydrogen) atoms. The zero-order valence-corrected chi connectivity index (χ0v) is 33.3. The molecular formula is C37H40Cl2F2N2O10S2. The van der Waals surface area contributed by atoms with E-state index in [9.17, 15) is 31.9 Å². The molecule has 1 aromatic heterocycles. The Morgan fingerprint density at radius 2 is 1.58 bits per heavy atom. The normalized spacial score (nSPS) is 15.2. The van der Waals surface area contributed by atoms with Gasteiger partial charge in [0.15, 0.2) is 11.5 Å². The van der Waals surface area contributed by atoms with Gasteiger partial charge in [-0.2, -0.15) is 8.78 Å². The van der Waals surface area contributed by atoms with E-state index in [1.54, 1.807) is 20.8 Å². The third-order valence-electron chi connectivity index (χ3n) is 8.18. The topological polar surface area (TPSA) is 151 Å². The Hall–Kier alpha value is -3.70. The number of halogens is 4. The number of alkyl halides is 2. The third-order valence-corrected chi connectivity index (χ3v) is 10.4. The number of rotatable bonds is 19. The highest BCUT2D eigenvalue weighted by atomic mass is 35.5. The van der Waals surface area contributed by atoms with Crippen molar-refractivity contribution < 1.29 is 55.6 Å². The van der Waals surface area contributed by atoms with Gasteiger partial charge in [0.05, 0.1) is 34.7 Å². The van der Waals surface area contributed by atoms with Crippen molar-refractivity contribution in [2.45, 2.75) is 71.2 Å². The largest absolute Gasteiger partial charge is 0.491 e. The fourth-order valence-electron chi connectivity index (χ4n) is 5.14. The summed E-state index contributed by atoms with van der Waals surface area (Å²) in [5.74, 6) is -1.44. The molecule has 3 aromatic rings. The lowest BCUT2D eigenvalue weighted by molar-refractivity contribution is -0.152. The summed E-state index contributed by atoms with van der Waals surface area (Å²) in [5, 5.41) is -0.123. The van der Waals surface area contributed by atoms with Crippen molar-refractivity contribution in [2.24, 2.45) is 11.8 Å². The van der Waals surface area contributed by atoms with Gasteiger partial charge in [0.2, 0.25) is 5.12 Å². The van der Waals surface area contributed by atoms with Crippen LogP contribution in [0.25, 0.3) is 0 Å². The number of hydrogen-bond donors (Lipinski definition) is 1. The van der Waals surface area contributed by atoms with Crippen LogP contribution in [0.5, 0.6) is 17.2 Å². The summed E-state index contributed by atoms with van der Waals surface area (Å²) in [6.45, 7) is 1.92. The van der Waals surface area contributed by atoms with E-state index >= 15 is 0 Å². The highest BCUT2D eigenvalue weighted by Gasteiger charge is 2.29. The molecule has 5 rings (SSSR count). The van der Waals surface area contributed by atoms with Crippen molar-refractivity contribution in [3.63, 3.8) is 0 Å². The maximum absolute atomic E-state index is 13.4. The van der Waals surface area contributed by atoms with Gasteiger partial charge in [-0.1, -0.05) is 41.0 Å². The molecule has 1 N–H and O–H groups in total. The van der Waals surface area contributed by atoms with E-state index in [4.69, 9.17) is 42.1 Å². The molecule has 2 aliphatic rings. The van der Waals surface area contributed by atoms with Gasteiger partial charge in [-0.25, -0.2) is 4.21 Å². The van der Waals surface area contributed by atoms with Gasteiger partial charge >= 0.3 is 18.6 Å². The Kier molecular flexibility index (Phi) is 14.6. The Morgan fingerprint density at radius 3 is 2.16 bits per heavy atom. The summed E-state index contributed by atoms with van der Waals surface area (Å²) in [7, 11) is 0. The highest BCUT2D eigenvalue weighted by Crippen LogP contribution is 2.39. The number of hydrogen-bond acceptors (Lipinski definition) is 11. The first-order valence-corrected chi connectivity index (χ1v) is 20.1. The summed E-state index contributed by atoms with van der Waals surface area (Å²) in [6, 6.07) is 8.36. The quantitative estimate of drug-likeness (QED) is 0.0914. The van der Waals surface area contributed by atoms with Crippen molar-refractivity contribution in [1.29, 1.82) is 0 Å². The van der Waals surface area contributed by atoms with E-state index in [1.807, 2.05) is 0 Å². The molecule has 0 spiro atoms. The first-order valence-electron chi connectivity index (χ1n) is 17.3. The van der Waals surface area contributed by atoms with Crippen LogP contribution < -0.4 is 18.5 Å². The smallest absolute Gasteiger partial charge is 0.387 e. The molecule has 2 atom stereocenters. The molecule has 0 aliphatic heterocycles. The van der Waals surface area contributed by atoms with Crippen LogP contribution in [0.1, 0.15) is 74.0 Å². The number of benzene rings is 2. The molecule has 298 valence electrons.